The van der Waals surface area contributed by atoms with Crippen molar-refractivity contribution in [2.75, 3.05) is 0 Å². The van der Waals surface area contributed by atoms with E-state index in [-0.39, 0.29) is 5.41 Å². The molecule has 1 unspecified atom stereocenters. The Morgan fingerprint density at radius 2 is 1.41 bits per heavy atom. The highest BCUT2D eigenvalue weighted by atomic mass is 32.1. The second kappa shape index (κ2) is 6.98. The standard InChI is InChI=1S/C26H23S/c1-3-11-20(12-4-1)23-16-9-10-18-26(23,22-14-5-2-6-15-22)25-19-21-13-7-8-17-24(21)27-25/h1-8,11-15,17,19H,9-10,16,18H2. The van der Waals surface area contributed by atoms with Crippen molar-refractivity contribution in [3.63, 3.8) is 0 Å². The highest BCUT2D eigenvalue weighted by Gasteiger charge is 2.45. The third-order valence-corrected chi connectivity index (χ3v) is 7.26. The van der Waals surface area contributed by atoms with Crippen molar-refractivity contribution < 1.29 is 0 Å². The molecule has 1 saturated carbocycles. The summed E-state index contributed by atoms with van der Waals surface area (Å²) >= 11 is 1.98. The molecule has 1 aliphatic carbocycles. The van der Waals surface area contributed by atoms with Crippen molar-refractivity contribution in [1.29, 1.82) is 0 Å². The zero-order chi connectivity index (χ0) is 18.1. The molecule has 0 nitrogen and oxygen atoms in total. The first-order chi connectivity index (χ1) is 13.4. The fourth-order valence-electron chi connectivity index (χ4n) is 4.73. The lowest BCUT2D eigenvalue weighted by Crippen LogP contribution is -2.37. The van der Waals surface area contributed by atoms with Crippen LogP contribution in [0.1, 0.15) is 41.7 Å². The molecule has 1 fully saturated rings. The predicted octanol–water partition coefficient (Wildman–Crippen LogP) is 7.38. The maximum absolute atomic E-state index is 2.45. The molecule has 0 aliphatic heterocycles. The van der Waals surface area contributed by atoms with Gasteiger partial charge in [-0.2, -0.15) is 0 Å². The molecule has 0 N–H and O–H groups in total. The molecule has 1 atom stereocenters. The normalized spacial score (nSPS) is 20.7. The molecule has 0 saturated heterocycles. The number of hydrogen-bond acceptors (Lipinski definition) is 1. The van der Waals surface area contributed by atoms with E-state index >= 15 is 0 Å². The Labute approximate surface area is 165 Å². The molecular weight excluding hydrogens is 344 g/mol. The largest absolute Gasteiger partial charge is 0.139 e. The van der Waals surface area contributed by atoms with Crippen molar-refractivity contribution in [2.45, 2.75) is 31.1 Å². The van der Waals surface area contributed by atoms with Crippen molar-refractivity contribution in [1.82, 2.24) is 0 Å². The van der Waals surface area contributed by atoms with Crippen LogP contribution in [0.2, 0.25) is 0 Å². The highest BCUT2D eigenvalue weighted by Crippen LogP contribution is 2.54. The van der Waals surface area contributed by atoms with Gasteiger partial charge in [-0.1, -0.05) is 91.7 Å². The minimum absolute atomic E-state index is 0.00938. The quantitative estimate of drug-likeness (QED) is 0.354. The number of rotatable bonds is 3. The smallest absolute Gasteiger partial charge is 0.0402 e. The van der Waals surface area contributed by atoms with E-state index < -0.39 is 0 Å². The SMILES string of the molecule is c1ccc([C]2CCCCC2(c2ccccc2)c2cc3ccccc3s2)cc1. The topological polar surface area (TPSA) is 0 Å². The minimum Gasteiger partial charge on any atom is -0.139 e. The molecule has 1 aromatic heterocycles. The first kappa shape index (κ1) is 16.8. The van der Waals surface area contributed by atoms with Crippen molar-refractivity contribution in [2.24, 2.45) is 0 Å². The third kappa shape index (κ3) is 2.82. The third-order valence-electron chi connectivity index (χ3n) is 5.98. The Morgan fingerprint density at radius 3 is 2.19 bits per heavy atom. The second-order valence-electron chi connectivity index (χ2n) is 7.47. The van der Waals surface area contributed by atoms with Crippen LogP contribution in [-0.2, 0) is 5.41 Å². The van der Waals surface area contributed by atoms with Gasteiger partial charge in [0.15, 0.2) is 0 Å². The molecule has 0 amide bonds. The molecule has 1 radical (unpaired) electrons. The van der Waals surface area contributed by atoms with Gasteiger partial charge in [-0.3, -0.25) is 0 Å². The fraction of sp³-hybridized carbons (Fsp3) is 0.192. The maximum atomic E-state index is 2.45. The van der Waals surface area contributed by atoms with Gasteiger partial charge in [0.1, 0.15) is 0 Å². The molecule has 5 rings (SSSR count). The fourth-order valence-corrected chi connectivity index (χ4v) is 6.07. The summed E-state index contributed by atoms with van der Waals surface area (Å²) in [5.41, 5.74) is 2.83. The number of hydrogen-bond donors (Lipinski definition) is 0. The summed E-state index contributed by atoms with van der Waals surface area (Å²) in [7, 11) is 0. The molecule has 27 heavy (non-hydrogen) atoms. The number of benzene rings is 3. The average molecular weight is 368 g/mol. The van der Waals surface area contributed by atoms with Gasteiger partial charge in [0.25, 0.3) is 0 Å². The zero-order valence-electron chi connectivity index (χ0n) is 15.4. The predicted molar refractivity (Wildman–Crippen MR) is 116 cm³/mol. The van der Waals surface area contributed by atoms with Crippen LogP contribution < -0.4 is 0 Å². The first-order valence-electron chi connectivity index (χ1n) is 9.84. The Balaban J connectivity index is 1.77. The van der Waals surface area contributed by atoms with E-state index in [1.165, 1.54) is 51.8 Å². The second-order valence-corrected chi connectivity index (χ2v) is 8.56. The highest BCUT2D eigenvalue weighted by molar-refractivity contribution is 7.19. The molecule has 0 bridgehead atoms. The van der Waals surface area contributed by atoms with E-state index in [0.29, 0.717) is 0 Å². The summed E-state index contributed by atoms with van der Waals surface area (Å²) in [6, 6.07) is 33.5. The molecule has 0 spiro atoms. The summed E-state index contributed by atoms with van der Waals surface area (Å²) < 4.78 is 1.39. The summed E-state index contributed by atoms with van der Waals surface area (Å²) in [4.78, 5) is 1.49. The summed E-state index contributed by atoms with van der Waals surface area (Å²) in [6.07, 6.45) is 4.92. The van der Waals surface area contributed by atoms with Gasteiger partial charge in [-0.25, -0.2) is 0 Å². The number of fused-ring (bicyclic) bond motifs is 1. The molecular formula is C26H23S. The maximum Gasteiger partial charge on any atom is 0.0402 e. The summed E-state index contributed by atoms with van der Waals surface area (Å²) in [6.45, 7) is 0. The monoisotopic (exact) mass is 367 g/mol. The Kier molecular flexibility index (Phi) is 4.33. The molecule has 1 aliphatic rings. The molecule has 1 heterocycles. The molecule has 133 valence electrons. The average Bonchev–Trinajstić information content (AvgIpc) is 3.19. The van der Waals surface area contributed by atoms with Gasteiger partial charge in [0.2, 0.25) is 0 Å². The van der Waals surface area contributed by atoms with E-state index in [2.05, 4.69) is 91.0 Å². The van der Waals surface area contributed by atoms with Crippen LogP contribution in [0.25, 0.3) is 10.1 Å². The Hall–Kier alpha value is -2.38. The van der Waals surface area contributed by atoms with E-state index in [1.807, 2.05) is 11.3 Å². The van der Waals surface area contributed by atoms with Crippen LogP contribution in [0, 0.1) is 5.92 Å². The van der Waals surface area contributed by atoms with Crippen molar-refractivity contribution in [3.05, 3.63) is 113 Å². The van der Waals surface area contributed by atoms with Crippen LogP contribution in [0.3, 0.4) is 0 Å². The van der Waals surface area contributed by atoms with Crippen LogP contribution in [0.15, 0.2) is 91.0 Å². The van der Waals surface area contributed by atoms with Gasteiger partial charge in [0.05, 0.1) is 0 Å². The molecule has 3 aromatic carbocycles. The summed E-state index contributed by atoms with van der Waals surface area (Å²) in [5, 5.41) is 1.37. The van der Waals surface area contributed by atoms with Gasteiger partial charge in [-0.15, -0.1) is 11.3 Å². The van der Waals surface area contributed by atoms with Crippen LogP contribution >= 0.6 is 11.3 Å². The Morgan fingerprint density at radius 1 is 0.704 bits per heavy atom. The van der Waals surface area contributed by atoms with E-state index in [9.17, 15) is 0 Å². The first-order valence-corrected chi connectivity index (χ1v) is 10.7. The van der Waals surface area contributed by atoms with Gasteiger partial charge >= 0.3 is 0 Å². The van der Waals surface area contributed by atoms with E-state index in [0.717, 1.165) is 0 Å². The van der Waals surface area contributed by atoms with Crippen molar-refractivity contribution >= 4 is 21.4 Å². The zero-order valence-corrected chi connectivity index (χ0v) is 16.2. The lowest BCUT2D eigenvalue weighted by atomic mass is 9.59. The van der Waals surface area contributed by atoms with Crippen LogP contribution in [0.4, 0.5) is 0 Å². The van der Waals surface area contributed by atoms with Gasteiger partial charge in [-0.05, 0) is 41.5 Å². The molecule has 4 aromatic rings. The van der Waals surface area contributed by atoms with Crippen LogP contribution in [-0.4, -0.2) is 0 Å². The lowest BCUT2D eigenvalue weighted by Gasteiger charge is -2.44. The van der Waals surface area contributed by atoms with E-state index in [4.69, 9.17) is 0 Å². The molecule has 1 heteroatoms. The van der Waals surface area contributed by atoms with Crippen LogP contribution in [0.5, 0.6) is 0 Å². The Bertz CT molecular complexity index is 998. The minimum atomic E-state index is -0.00938. The lowest BCUT2D eigenvalue weighted by molar-refractivity contribution is 0.401. The van der Waals surface area contributed by atoms with E-state index in [1.54, 1.807) is 5.92 Å². The number of thiophene rings is 1. The summed E-state index contributed by atoms with van der Waals surface area (Å²) in [5.74, 6) is 1.59. The van der Waals surface area contributed by atoms with Crippen molar-refractivity contribution in [3.8, 4) is 0 Å². The van der Waals surface area contributed by atoms with Gasteiger partial charge in [0, 0.05) is 20.9 Å². The van der Waals surface area contributed by atoms with Gasteiger partial charge < -0.3 is 0 Å².